The molecule has 6 heteroatoms. The molecule has 0 unspecified atom stereocenters. The van der Waals surface area contributed by atoms with Crippen LogP contribution < -0.4 is 4.90 Å². The van der Waals surface area contributed by atoms with Crippen molar-refractivity contribution in [3.8, 4) is 22.6 Å². The molecule has 2 heterocycles. The highest BCUT2D eigenvalue weighted by Crippen LogP contribution is 2.31. The monoisotopic (exact) mass is 370 g/mol. The van der Waals surface area contributed by atoms with Gasteiger partial charge in [-0.1, -0.05) is 35.3 Å². The van der Waals surface area contributed by atoms with E-state index in [4.69, 9.17) is 28.2 Å². The lowest BCUT2D eigenvalue weighted by atomic mass is 10.1. The third-order valence-electron chi connectivity index (χ3n) is 4.29. The number of hydrogen-bond acceptors (Lipinski definition) is 4. The summed E-state index contributed by atoms with van der Waals surface area (Å²) in [7, 11) is 0. The first-order valence-electron chi connectivity index (χ1n) is 8.22. The lowest BCUT2D eigenvalue weighted by Gasteiger charge is -2.19. The van der Waals surface area contributed by atoms with Gasteiger partial charge in [-0.3, -0.25) is 0 Å². The Morgan fingerprint density at radius 1 is 0.720 bits per heavy atom. The molecule has 0 aliphatic carbocycles. The molecule has 2 aromatic carbocycles. The first-order chi connectivity index (χ1) is 12.2. The molecule has 0 spiro atoms. The molecule has 0 radical (unpaired) electrons. The van der Waals surface area contributed by atoms with Crippen LogP contribution in [0.25, 0.3) is 22.6 Å². The van der Waals surface area contributed by atoms with Gasteiger partial charge in [0.15, 0.2) is 11.6 Å². The van der Waals surface area contributed by atoms with Crippen molar-refractivity contribution in [1.82, 2.24) is 15.2 Å². The Morgan fingerprint density at radius 2 is 1.28 bits per heavy atom. The van der Waals surface area contributed by atoms with Crippen LogP contribution in [0.2, 0.25) is 10.0 Å². The molecule has 3 aromatic rings. The van der Waals surface area contributed by atoms with E-state index in [1.54, 1.807) is 0 Å². The summed E-state index contributed by atoms with van der Waals surface area (Å²) in [5.74, 6) is 1.48. The van der Waals surface area contributed by atoms with Gasteiger partial charge in [0.1, 0.15) is 5.69 Å². The van der Waals surface area contributed by atoms with Crippen LogP contribution in [0.1, 0.15) is 12.8 Å². The van der Waals surface area contributed by atoms with Crippen molar-refractivity contribution in [1.29, 1.82) is 0 Å². The predicted octanol–water partition coefficient (Wildman–Crippen LogP) is 5.11. The summed E-state index contributed by atoms with van der Waals surface area (Å²) in [6, 6.07) is 15.1. The van der Waals surface area contributed by atoms with E-state index in [1.165, 1.54) is 12.8 Å². The maximum Gasteiger partial charge on any atom is 0.183 e. The first kappa shape index (κ1) is 16.3. The Balaban J connectivity index is 1.81. The van der Waals surface area contributed by atoms with Gasteiger partial charge in [0.05, 0.1) is 0 Å². The summed E-state index contributed by atoms with van der Waals surface area (Å²) in [4.78, 5) is 7.11. The summed E-state index contributed by atoms with van der Waals surface area (Å²) in [5.41, 5.74) is 2.66. The molecule has 1 fully saturated rings. The fourth-order valence-electron chi connectivity index (χ4n) is 2.98. The Bertz CT molecular complexity index is 873. The Labute approximate surface area is 156 Å². The van der Waals surface area contributed by atoms with Crippen LogP contribution >= 0.6 is 23.2 Å². The Morgan fingerprint density at radius 3 is 1.88 bits per heavy atom. The molecule has 126 valence electrons. The highest BCUT2D eigenvalue weighted by molar-refractivity contribution is 6.30. The molecule has 1 aromatic heterocycles. The van der Waals surface area contributed by atoms with Crippen molar-refractivity contribution in [3.63, 3.8) is 0 Å². The summed E-state index contributed by atoms with van der Waals surface area (Å²) in [5, 5.41) is 10.2. The van der Waals surface area contributed by atoms with Crippen LogP contribution in [0.5, 0.6) is 0 Å². The molecule has 0 bridgehead atoms. The highest BCUT2D eigenvalue weighted by Gasteiger charge is 2.21. The Kier molecular flexibility index (Phi) is 4.55. The second kappa shape index (κ2) is 6.98. The van der Waals surface area contributed by atoms with Crippen LogP contribution in [0.15, 0.2) is 48.5 Å². The number of hydrogen-bond donors (Lipinski definition) is 0. The molecule has 0 amide bonds. The van der Waals surface area contributed by atoms with Crippen molar-refractivity contribution in [2.75, 3.05) is 18.0 Å². The largest absolute Gasteiger partial charge is 0.355 e. The molecular weight excluding hydrogens is 355 g/mol. The number of halogens is 2. The van der Waals surface area contributed by atoms with Gasteiger partial charge >= 0.3 is 0 Å². The molecule has 0 N–H and O–H groups in total. The number of aromatic nitrogens is 3. The lowest BCUT2D eigenvalue weighted by molar-refractivity contribution is 0.896. The van der Waals surface area contributed by atoms with Crippen LogP contribution in [-0.2, 0) is 0 Å². The van der Waals surface area contributed by atoms with Crippen molar-refractivity contribution in [2.24, 2.45) is 0 Å². The van der Waals surface area contributed by atoms with Crippen LogP contribution in [0.3, 0.4) is 0 Å². The second-order valence-electron chi connectivity index (χ2n) is 6.02. The van der Waals surface area contributed by atoms with Gasteiger partial charge in [0.2, 0.25) is 0 Å². The highest BCUT2D eigenvalue weighted by atomic mass is 35.5. The van der Waals surface area contributed by atoms with E-state index < -0.39 is 0 Å². The van der Waals surface area contributed by atoms with E-state index in [1.807, 2.05) is 48.5 Å². The normalized spacial score (nSPS) is 14.1. The minimum Gasteiger partial charge on any atom is -0.355 e. The molecule has 0 saturated carbocycles. The minimum atomic E-state index is 0.608. The van der Waals surface area contributed by atoms with Gasteiger partial charge in [-0.05, 0) is 49.2 Å². The standard InChI is InChI=1S/C19H16Cl2N4/c20-15-7-3-13(4-8-15)17-19(25-11-1-2-12-25)22-18(24-23-17)14-5-9-16(21)10-6-14/h3-10H,1-2,11-12H2. The van der Waals surface area contributed by atoms with Gasteiger partial charge in [-0.15, -0.1) is 10.2 Å². The van der Waals surface area contributed by atoms with E-state index >= 15 is 0 Å². The third kappa shape index (κ3) is 3.46. The Hall–Kier alpha value is -2.17. The maximum atomic E-state index is 6.01. The fraction of sp³-hybridized carbons (Fsp3) is 0.211. The molecule has 0 atom stereocenters. The van der Waals surface area contributed by atoms with Gasteiger partial charge in [-0.2, -0.15) is 0 Å². The first-order valence-corrected chi connectivity index (χ1v) is 8.98. The number of benzene rings is 2. The number of rotatable bonds is 3. The van der Waals surface area contributed by atoms with E-state index in [0.717, 1.165) is 35.7 Å². The van der Waals surface area contributed by atoms with Gasteiger partial charge < -0.3 is 4.90 Å². The van der Waals surface area contributed by atoms with Crippen LogP contribution in [-0.4, -0.2) is 28.3 Å². The summed E-state index contributed by atoms with van der Waals surface area (Å²) < 4.78 is 0. The average molecular weight is 371 g/mol. The van der Waals surface area contributed by atoms with Gasteiger partial charge in [-0.25, -0.2) is 4.98 Å². The van der Waals surface area contributed by atoms with Crippen molar-refractivity contribution in [2.45, 2.75) is 12.8 Å². The number of anilines is 1. The van der Waals surface area contributed by atoms with E-state index in [-0.39, 0.29) is 0 Å². The van der Waals surface area contributed by atoms with E-state index in [0.29, 0.717) is 15.9 Å². The molecule has 1 aliphatic rings. The third-order valence-corrected chi connectivity index (χ3v) is 4.80. The molecule has 1 saturated heterocycles. The molecule has 1 aliphatic heterocycles. The van der Waals surface area contributed by atoms with Crippen molar-refractivity contribution >= 4 is 29.0 Å². The fourth-order valence-corrected chi connectivity index (χ4v) is 3.23. The average Bonchev–Trinajstić information content (AvgIpc) is 3.17. The zero-order valence-corrected chi connectivity index (χ0v) is 15.0. The zero-order chi connectivity index (χ0) is 17.2. The molecular formula is C19H16Cl2N4. The molecule has 4 nitrogen and oxygen atoms in total. The van der Waals surface area contributed by atoms with Crippen molar-refractivity contribution in [3.05, 3.63) is 58.6 Å². The van der Waals surface area contributed by atoms with Crippen LogP contribution in [0.4, 0.5) is 5.82 Å². The summed E-state index contributed by atoms with van der Waals surface area (Å²) in [6.07, 6.45) is 2.33. The summed E-state index contributed by atoms with van der Waals surface area (Å²) >= 11 is 12.0. The quantitative estimate of drug-likeness (QED) is 0.641. The van der Waals surface area contributed by atoms with E-state index in [9.17, 15) is 0 Å². The van der Waals surface area contributed by atoms with Crippen LogP contribution in [0, 0.1) is 0 Å². The smallest absolute Gasteiger partial charge is 0.183 e. The molecule has 25 heavy (non-hydrogen) atoms. The van der Waals surface area contributed by atoms with Crippen molar-refractivity contribution < 1.29 is 0 Å². The minimum absolute atomic E-state index is 0.608. The maximum absolute atomic E-state index is 6.01. The topological polar surface area (TPSA) is 41.9 Å². The predicted molar refractivity (Wildman–Crippen MR) is 102 cm³/mol. The lowest BCUT2D eigenvalue weighted by Crippen LogP contribution is -2.21. The van der Waals surface area contributed by atoms with Gasteiger partial charge in [0, 0.05) is 34.3 Å². The summed E-state index contributed by atoms with van der Waals surface area (Å²) in [6.45, 7) is 1.97. The van der Waals surface area contributed by atoms with Gasteiger partial charge in [0.25, 0.3) is 0 Å². The zero-order valence-electron chi connectivity index (χ0n) is 13.5. The second-order valence-corrected chi connectivity index (χ2v) is 6.89. The number of nitrogens with zero attached hydrogens (tertiary/aromatic N) is 4. The van der Waals surface area contributed by atoms with E-state index in [2.05, 4.69) is 15.1 Å². The molecule has 4 rings (SSSR count). The SMILES string of the molecule is Clc1ccc(-c2nnc(-c3ccc(Cl)cc3)c(N3CCCC3)n2)cc1.